The molecule has 3 nitrogen and oxygen atoms in total. The summed E-state index contributed by atoms with van der Waals surface area (Å²) in [6.45, 7) is 16.8. The molecule has 0 unspecified atom stereocenters. The monoisotopic (exact) mass is 208 g/mol. The van der Waals surface area contributed by atoms with Crippen LogP contribution in [-0.4, -0.2) is 30.4 Å². The molecule has 0 saturated heterocycles. The third kappa shape index (κ3) is 15.2. The van der Waals surface area contributed by atoms with Crippen molar-refractivity contribution >= 4 is 5.91 Å². The van der Waals surface area contributed by atoms with Gasteiger partial charge in [0, 0.05) is 19.6 Å². The van der Waals surface area contributed by atoms with Crippen molar-refractivity contribution in [2.45, 2.75) is 0 Å². The van der Waals surface area contributed by atoms with Gasteiger partial charge in [-0.15, -0.1) is 19.7 Å². The Morgan fingerprint density at radius 2 is 1.27 bits per heavy atom. The lowest BCUT2D eigenvalue weighted by Crippen LogP contribution is -2.23. The lowest BCUT2D eigenvalue weighted by atomic mass is 10.4. The maximum absolute atomic E-state index is 9.47. The molecule has 0 aromatic heterocycles. The normalized spacial score (nSPS) is 8.33. The van der Waals surface area contributed by atoms with Crippen molar-refractivity contribution in [3.63, 3.8) is 0 Å². The quantitative estimate of drug-likeness (QED) is 0.509. The second-order valence-electron chi connectivity index (χ2n) is 2.69. The summed E-state index contributed by atoms with van der Waals surface area (Å²) in [4.78, 5) is 11.7. The van der Waals surface area contributed by atoms with Crippen molar-refractivity contribution in [3.05, 3.63) is 50.6 Å². The van der Waals surface area contributed by atoms with Crippen LogP contribution in [0.1, 0.15) is 0 Å². The number of nitrogens with two attached hydrogens (primary N) is 1. The lowest BCUT2D eigenvalue weighted by Gasteiger charge is -2.15. The number of hydrogen-bond donors (Lipinski definition) is 1. The van der Waals surface area contributed by atoms with Crippen molar-refractivity contribution in [1.29, 1.82) is 0 Å². The molecule has 3 heteroatoms. The zero-order valence-corrected chi connectivity index (χ0v) is 9.19. The average Bonchev–Trinajstić information content (AvgIpc) is 2.20. The molecule has 0 bridgehead atoms. The summed E-state index contributed by atoms with van der Waals surface area (Å²) in [7, 11) is 0. The summed E-state index contributed by atoms with van der Waals surface area (Å²) in [6, 6.07) is 0. The molecule has 1 amide bonds. The van der Waals surface area contributed by atoms with Crippen LogP contribution >= 0.6 is 0 Å². The largest absolute Gasteiger partial charge is 0.366 e. The van der Waals surface area contributed by atoms with Crippen LogP contribution in [0.5, 0.6) is 0 Å². The van der Waals surface area contributed by atoms with Crippen LogP contribution in [0.2, 0.25) is 0 Å². The van der Waals surface area contributed by atoms with E-state index in [4.69, 9.17) is 0 Å². The van der Waals surface area contributed by atoms with Crippen molar-refractivity contribution in [2.75, 3.05) is 19.6 Å². The van der Waals surface area contributed by atoms with E-state index in [1.165, 1.54) is 0 Å². The Bertz CT molecular complexity index is 198. The second kappa shape index (κ2) is 12.4. The van der Waals surface area contributed by atoms with Gasteiger partial charge in [0.2, 0.25) is 5.91 Å². The van der Waals surface area contributed by atoms with Crippen molar-refractivity contribution in [2.24, 2.45) is 5.73 Å². The van der Waals surface area contributed by atoms with Crippen LogP contribution in [0.3, 0.4) is 0 Å². The highest BCUT2D eigenvalue weighted by atomic mass is 16.1. The summed E-state index contributed by atoms with van der Waals surface area (Å²) in [5.74, 6) is -0.481. The number of rotatable bonds is 7. The van der Waals surface area contributed by atoms with E-state index in [1.54, 1.807) is 0 Å². The Balaban J connectivity index is 0. The lowest BCUT2D eigenvalue weighted by molar-refractivity contribution is -0.113. The molecule has 0 saturated carbocycles. The highest BCUT2D eigenvalue weighted by Gasteiger charge is 1.94. The Labute approximate surface area is 92.3 Å². The Morgan fingerprint density at radius 1 is 1.00 bits per heavy atom. The SMILES string of the molecule is C=CC(N)=O.C=CCN(CC=C)CC=C. The van der Waals surface area contributed by atoms with E-state index < -0.39 is 5.91 Å². The molecule has 0 aliphatic rings. The number of hydrogen-bond acceptors (Lipinski definition) is 2. The highest BCUT2D eigenvalue weighted by molar-refractivity contribution is 5.84. The van der Waals surface area contributed by atoms with Gasteiger partial charge in [0.15, 0.2) is 0 Å². The van der Waals surface area contributed by atoms with Crippen molar-refractivity contribution in [3.8, 4) is 0 Å². The summed E-state index contributed by atoms with van der Waals surface area (Å²) in [5, 5.41) is 0. The van der Waals surface area contributed by atoms with Gasteiger partial charge in [-0.3, -0.25) is 9.69 Å². The predicted octanol–water partition coefficient (Wildman–Crippen LogP) is 1.50. The molecule has 0 rings (SSSR count). The molecule has 0 aromatic rings. The van der Waals surface area contributed by atoms with Gasteiger partial charge in [0.1, 0.15) is 0 Å². The van der Waals surface area contributed by atoms with Crippen LogP contribution in [0.4, 0.5) is 0 Å². The van der Waals surface area contributed by atoms with E-state index in [0.29, 0.717) is 0 Å². The van der Waals surface area contributed by atoms with Crippen LogP contribution in [-0.2, 0) is 4.79 Å². The number of carbonyl (C=O) groups is 1. The number of carbonyl (C=O) groups excluding carboxylic acids is 1. The van der Waals surface area contributed by atoms with E-state index >= 15 is 0 Å². The molecule has 0 radical (unpaired) electrons. The molecule has 0 aliphatic carbocycles. The van der Waals surface area contributed by atoms with E-state index in [-0.39, 0.29) is 0 Å². The first kappa shape index (κ1) is 15.8. The summed E-state index contributed by atoms with van der Waals surface area (Å²) in [6.07, 6.45) is 6.70. The summed E-state index contributed by atoms with van der Waals surface area (Å²) in [5.41, 5.74) is 4.53. The van der Waals surface area contributed by atoms with Gasteiger partial charge in [-0.2, -0.15) is 0 Å². The third-order valence-corrected chi connectivity index (χ3v) is 1.36. The van der Waals surface area contributed by atoms with Gasteiger partial charge >= 0.3 is 0 Å². The first-order valence-electron chi connectivity index (χ1n) is 4.59. The van der Waals surface area contributed by atoms with E-state index in [0.717, 1.165) is 25.7 Å². The smallest absolute Gasteiger partial charge is 0.240 e. The molecule has 84 valence electrons. The molecule has 0 heterocycles. The van der Waals surface area contributed by atoms with Crippen LogP contribution in [0.25, 0.3) is 0 Å². The number of primary amides is 1. The fourth-order valence-electron chi connectivity index (χ4n) is 0.771. The van der Waals surface area contributed by atoms with Gasteiger partial charge < -0.3 is 5.73 Å². The first-order chi connectivity index (χ1) is 7.12. The maximum Gasteiger partial charge on any atom is 0.240 e. The molecule has 0 fully saturated rings. The third-order valence-electron chi connectivity index (χ3n) is 1.36. The Kier molecular flexibility index (Phi) is 13.1. The standard InChI is InChI=1S/C9H15N.C3H5NO/c1-4-7-10(8-5-2)9-6-3;1-2-3(4)5/h4-6H,1-3,7-9H2;2H,1H2,(H2,4,5). The van der Waals surface area contributed by atoms with E-state index in [9.17, 15) is 4.79 Å². The van der Waals surface area contributed by atoms with E-state index in [2.05, 4.69) is 36.9 Å². The van der Waals surface area contributed by atoms with Gasteiger partial charge in [0.05, 0.1) is 0 Å². The predicted molar refractivity (Wildman–Crippen MR) is 66.4 cm³/mol. The van der Waals surface area contributed by atoms with Crippen molar-refractivity contribution in [1.82, 2.24) is 4.90 Å². The fraction of sp³-hybridized carbons (Fsp3) is 0.250. The second-order valence-corrected chi connectivity index (χ2v) is 2.69. The van der Waals surface area contributed by atoms with Crippen LogP contribution in [0.15, 0.2) is 50.6 Å². The molecule has 15 heavy (non-hydrogen) atoms. The average molecular weight is 208 g/mol. The number of amides is 1. The molecule has 0 aromatic carbocycles. The van der Waals surface area contributed by atoms with Gasteiger partial charge in [0.25, 0.3) is 0 Å². The van der Waals surface area contributed by atoms with Gasteiger partial charge in [-0.25, -0.2) is 0 Å². The fourth-order valence-corrected chi connectivity index (χ4v) is 0.771. The minimum absolute atomic E-state index is 0.481. The zero-order chi connectivity index (χ0) is 12.1. The molecule has 0 atom stereocenters. The maximum atomic E-state index is 9.47. The highest BCUT2D eigenvalue weighted by Crippen LogP contribution is 1.88. The molecule has 0 aliphatic heterocycles. The molecule has 2 N–H and O–H groups in total. The first-order valence-corrected chi connectivity index (χ1v) is 4.59. The zero-order valence-electron chi connectivity index (χ0n) is 9.19. The van der Waals surface area contributed by atoms with Crippen LogP contribution in [0, 0.1) is 0 Å². The molecule has 0 spiro atoms. The van der Waals surface area contributed by atoms with Crippen LogP contribution < -0.4 is 5.73 Å². The topological polar surface area (TPSA) is 46.3 Å². The number of nitrogens with zero attached hydrogens (tertiary/aromatic N) is 1. The minimum atomic E-state index is -0.481. The summed E-state index contributed by atoms with van der Waals surface area (Å²) >= 11 is 0. The molecular formula is C12H20N2O. The molecular weight excluding hydrogens is 188 g/mol. The minimum Gasteiger partial charge on any atom is -0.366 e. The van der Waals surface area contributed by atoms with E-state index in [1.807, 2.05) is 18.2 Å². The van der Waals surface area contributed by atoms with Crippen molar-refractivity contribution < 1.29 is 4.79 Å². The Morgan fingerprint density at radius 3 is 1.40 bits per heavy atom. The Hall–Kier alpha value is -1.61. The van der Waals surface area contributed by atoms with Gasteiger partial charge in [-0.05, 0) is 6.08 Å². The summed E-state index contributed by atoms with van der Waals surface area (Å²) < 4.78 is 0. The van der Waals surface area contributed by atoms with Gasteiger partial charge in [-0.1, -0.05) is 24.8 Å².